The number of rotatable bonds is 3. The van der Waals surface area contributed by atoms with Crippen LogP contribution in [0.5, 0.6) is 0 Å². The molecule has 0 bridgehead atoms. The third kappa shape index (κ3) is 4.35. The fourth-order valence-corrected chi connectivity index (χ4v) is 4.48. The maximum Gasteiger partial charge on any atom is 0.416 e. The SMILES string of the molecule is Cc1ccc([C@@H]2Nn3c(C)nnc3S[C@@H]2C(=O)Nc2cc(C(F)(F)F)ccc2Cl)cc1. The normalized spacial score (nSPS) is 18.3. The van der Waals surface area contributed by atoms with E-state index in [1.165, 1.54) is 11.8 Å². The van der Waals surface area contributed by atoms with Crippen LogP contribution in [0.25, 0.3) is 0 Å². The van der Waals surface area contributed by atoms with Gasteiger partial charge < -0.3 is 10.7 Å². The minimum absolute atomic E-state index is 0.0148. The molecule has 6 nitrogen and oxygen atoms in total. The molecule has 0 saturated heterocycles. The number of hydrogen-bond donors (Lipinski definition) is 2. The van der Waals surface area contributed by atoms with Crippen LogP contribution in [0.4, 0.5) is 18.9 Å². The summed E-state index contributed by atoms with van der Waals surface area (Å²) in [6.45, 7) is 3.73. The topological polar surface area (TPSA) is 71.8 Å². The predicted octanol–water partition coefficient (Wildman–Crippen LogP) is 4.96. The number of nitrogens with zero attached hydrogens (tertiary/aromatic N) is 3. The van der Waals surface area contributed by atoms with Crippen LogP contribution in [0.15, 0.2) is 47.6 Å². The molecule has 2 heterocycles. The predicted molar refractivity (Wildman–Crippen MR) is 113 cm³/mol. The number of carbonyl (C=O) groups excluding carboxylic acids is 1. The average molecular weight is 468 g/mol. The van der Waals surface area contributed by atoms with Crippen LogP contribution < -0.4 is 10.7 Å². The van der Waals surface area contributed by atoms with Crippen molar-refractivity contribution in [2.24, 2.45) is 0 Å². The van der Waals surface area contributed by atoms with Crippen molar-refractivity contribution in [3.8, 4) is 0 Å². The highest BCUT2D eigenvalue weighted by Crippen LogP contribution is 2.39. The molecule has 2 N–H and O–H groups in total. The molecule has 0 spiro atoms. The Balaban J connectivity index is 1.67. The van der Waals surface area contributed by atoms with Gasteiger partial charge in [-0.1, -0.05) is 53.2 Å². The van der Waals surface area contributed by atoms with Gasteiger partial charge in [0.15, 0.2) is 0 Å². The van der Waals surface area contributed by atoms with Gasteiger partial charge in [-0.2, -0.15) is 13.2 Å². The fraction of sp³-hybridized carbons (Fsp3) is 0.250. The maximum atomic E-state index is 13.2. The summed E-state index contributed by atoms with van der Waals surface area (Å²) in [7, 11) is 0. The number of fused-ring (bicyclic) bond motifs is 1. The Labute approximate surface area is 185 Å². The van der Waals surface area contributed by atoms with Gasteiger partial charge in [-0.3, -0.25) is 4.79 Å². The summed E-state index contributed by atoms with van der Waals surface area (Å²) in [4.78, 5) is 13.2. The molecule has 162 valence electrons. The number of nitrogens with one attached hydrogen (secondary N) is 2. The van der Waals surface area contributed by atoms with Crippen LogP contribution in [0.2, 0.25) is 5.02 Å². The molecule has 31 heavy (non-hydrogen) atoms. The van der Waals surface area contributed by atoms with E-state index in [0.29, 0.717) is 11.0 Å². The van der Waals surface area contributed by atoms with E-state index >= 15 is 0 Å². The van der Waals surface area contributed by atoms with Crippen molar-refractivity contribution >= 4 is 35.0 Å². The van der Waals surface area contributed by atoms with Crippen LogP contribution in [0.3, 0.4) is 0 Å². The van der Waals surface area contributed by atoms with Crippen molar-refractivity contribution in [2.75, 3.05) is 10.7 Å². The lowest BCUT2D eigenvalue weighted by molar-refractivity contribution is -0.137. The second kappa shape index (κ2) is 8.08. The molecule has 0 unspecified atom stereocenters. The molecule has 1 aliphatic heterocycles. The maximum absolute atomic E-state index is 13.2. The van der Waals surface area contributed by atoms with Gasteiger partial charge in [0.2, 0.25) is 11.1 Å². The lowest BCUT2D eigenvalue weighted by Gasteiger charge is -2.33. The Morgan fingerprint density at radius 1 is 1.16 bits per heavy atom. The molecule has 1 amide bonds. The molecule has 0 fully saturated rings. The summed E-state index contributed by atoms with van der Waals surface area (Å²) in [5, 5.41) is 10.4. The molecule has 2 aromatic carbocycles. The van der Waals surface area contributed by atoms with Crippen molar-refractivity contribution < 1.29 is 18.0 Å². The van der Waals surface area contributed by atoms with Crippen molar-refractivity contribution in [2.45, 2.75) is 36.5 Å². The van der Waals surface area contributed by atoms with E-state index in [2.05, 4.69) is 20.9 Å². The zero-order chi connectivity index (χ0) is 22.3. The van der Waals surface area contributed by atoms with Gasteiger partial charge in [0.1, 0.15) is 11.1 Å². The van der Waals surface area contributed by atoms with Crippen molar-refractivity contribution in [3.63, 3.8) is 0 Å². The molecule has 2 atom stereocenters. The Morgan fingerprint density at radius 3 is 2.55 bits per heavy atom. The number of aryl methyl sites for hydroxylation is 2. The summed E-state index contributed by atoms with van der Waals surface area (Å²) in [5.41, 5.74) is 4.15. The molecule has 0 aliphatic carbocycles. The fourth-order valence-electron chi connectivity index (χ4n) is 3.19. The molecule has 3 aromatic rings. The number of alkyl halides is 3. The van der Waals surface area contributed by atoms with Gasteiger partial charge >= 0.3 is 6.18 Å². The quantitative estimate of drug-likeness (QED) is 0.569. The Hall–Kier alpha value is -2.72. The first-order valence-corrected chi connectivity index (χ1v) is 10.5. The van der Waals surface area contributed by atoms with E-state index in [4.69, 9.17) is 11.6 Å². The van der Waals surface area contributed by atoms with Crippen LogP contribution in [-0.2, 0) is 11.0 Å². The first-order valence-electron chi connectivity index (χ1n) is 9.23. The van der Waals surface area contributed by atoms with Crippen LogP contribution in [0, 0.1) is 13.8 Å². The van der Waals surface area contributed by atoms with Gasteiger partial charge in [-0.05, 0) is 37.6 Å². The van der Waals surface area contributed by atoms with E-state index in [1.807, 2.05) is 31.2 Å². The van der Waals surface area contributed by atoms with E-state index in [9.17, 15) is 18.0 Å². The first kappa shape index (κ1) is 21.5. The molecular weight excluding hydrogens is 451 g/mol. The molecule has 0 radical (unpaired) electrons. The summed E-state index contributed by atoms with van der Waals surface area (Å²) < 4.78 is 41.0. The minimum atomic E-state index is -4.55. The van der Waals surface area contributed by atoms with E-state index < -0.39 is 28.9 Å². The van der Waals surface area contributed by atoms with E-state index in [1.54, 1.807) is 11.6 Å². The molecular formula is C20H17ClF3N5OS. The lowest BCUT2D eigenvalue weighted by Crippen LogP contribution is -2.41. The van der Waals surface area contributed by atoms with Crippen molar-refractivity contribution in [3.05, 3.63) is 70.0 Å². The zero-order valence-electron chi connectivity index (χ0n) is 16.4. The van der Waals surface area contributed by atoms with Gasteiger partial charge in [0.25, 0.3) is 0 Å². The molecule has 0 saturated carbocycles. The molecule has 1 aromatic heterocycles. The smallest absolute Gasteiger partial charge is 0.324 e. The number of anilines is 1. The van der Waals surface area contributed by atoms with Crippen LogP contribution >= 0.6 is 23.4 Å². The number of halogens is 4. The highest BCUT2D eigenvalue weighted by Gasteiger charge is 2.38. The number of aromatic nitrogens is 3. The summed E-state index contributed by atoms with van der Waals surface area (Å²) >= 11 is 7.23. The Bertz CT molecular complexity index is 1130. The molecule has 4 rings (SSSR count). The van der Waals surface area contributed by atoms with Crippen molar-refractivity contribution in [1.82, 2.24) is 14.9 Å². The standard InChI is InChI=1S/C20H17ClF3N5OS/c1-10-3-5-12(6-4-10)16-17(31-19-27-26-11(2)29(19)28-16)18(30)25-15-9-13(20(22,23)24)7-8-14(15)21/h3-9,16-17,28H,1-2H3,(H,25,30)/t16-,17-/m0/s1. The van der Waals surface area contributed by atoms with Crippen LogP contribution in [0.1, 0.15) is 28.6 Å². The second-order valence-corrected chi connectivity index (χ2v) is 8.62. The largest absolute Gasteiger partial charge is 0.416 e. The lowest BCUT2D eigenvalue weighted by atomic mass is 10.0. The average Bonchev–Trinajstić information content (AvgIpc) is 3.08. The Morgan fingerprint density at radius 2 is 1.87 bits per heavy atom. The number of benzene rings is 2. The van der Waals surface area contributed by atoms with Gasteiger partial charge in [0, 0.05) is 0 Å². The van der Waals surface area contributed by atoms with Crippen molar-refractivity contribution in [1.29, 1.82) is 0 Å². The van der Waals surface area contributed by atoms with Gasteiger partial charge in [-0.25, -0.2) is 4.68 Å². The third-order valence-corrected chi connectivity index (χ3v) is 6.39. The summed E-state index contributed by atoms with van der Waals surface area (Å²) in [5.74, 6) is 0.121. The molecule has 11 heteroatoms. The van der Waals surface area contributed by atoms with Gasteiger partial charge in [-0.15, -0.1) is 10.2 Å². The first-order chi connectivity index (χ1) is 14.6. The number of carbonyl (C=O) groups is 1. The Kier molecular flexibility index (Phi) is 5.61. The van der Waals surface area contributed by atoms with Crippen LogP contribution in [-0.4, -0.2) is 26.0 Å². The van der Waals surface area contributed by atoms with E-state index in [0.717, 1.165) is 29.3 Å². The minimum Gasteiger partial charge on any atom is -0.324 e. The highest BCUT2D eigenvalue weighted by molar-refractivity contribution is 8.00. The number of amides is 1. The summed E-state index contributed by atoms with van der Waals surface area (Å²) in [6, 6.07) is 9.99. The second-order valence-electron chi connectivity index (χ2n) is 7.10. The van der Waals surface area contributed by atoms with Gasteiger partial charge in [0.05, 0.1) is 22.3 Å². The molecule has 1 aliphatic rings. The number of thioether (sulfide) groups is 1. The van der Waals surface area contributed by atoms with E-state index in [-0.39, 0.29) is 10.7 Å². The number of hydrogen-bond acceptors (Lipinski definition) is 5. The monoisotopic (exact) mass is 467 g/mol. The highest BCUT2D eigenvalue weighted by atomic mass is 35.5. The zero-order valence-corrected chi connectivity index (χ0v) is 17.9. The summed E-state index contributed by atoms with van der Waals surface area (Å²) in [6.07, 6.45) is -4.55. The third-order valence-electron chi connectivity index (χ3n) is 4.84.